The summed E-state index contributed by atoms with van der Waals surface area (Å²) in [6, 6.07) is 7.34. The molecule has 158 valence electrons. The number of likely N-dealkylation sites (tertiary alicyclic amines) is 1. The predicted molar refractivity (Wildman–Crippen MR) is 120 cm³/mol. The second kappa shape index (κ2) is 12.8. The Labute approximate surface area is 184 Å². The summed E-state index contributed by atoms with van der Waals surface area (Å²) in [5.74, 6) is 1.39. The van der Waals surface area contributed by atoms with Gasteiger partial charge in [0.2, 0.25) is 0 Å². The van der Waals surface area contributed by atoms with E-state index in [0.29, 0.717) is 6.61 Å². The number of aliphatic imine (C=N–C) groups is 1. The lowest BCUT2D eigenvalue weighted by Gasteiger charge is -2.33. The molecule has 0 aliphatic carbocycles. The lowest BCUT2D eigenvalue weighted by Crippen LogP contribution is -2.47. The van der Waals surface area contributed by atoms with Gasteiger partial charge in [-0.3, -0.25) is 9.79 Å². The van der Waals surface area contributed by atoms with Crippen LogP contribution in [0.1, 0.15) is 38.4 Å². The summed E-state index contributed by atoms with van der Waals surface area (Å²) >= 11 is 0. The quantitative estimate of drug-likeness (QED) is 0.257. The number of nitrogens with one attached hydrogen (secondary N) is 1. The SMILES string of the molecule is CCNC(=NCC(O)c1ccc(OC)cc1)N1CCC(C(=O)OCC)CC1.I. The molecule has 0 amide bonds. The van der Waals surface area contributed by atoms with Crippen molar-refractivity contribution in [3.8, 4) is 5.75 Å². The summed E-state index contributed by atoms with van der Waals surface area (Å²) in [4.78, 5) is 18.6. The molecule has 1 aliphatic heterocycles. The van der Waals surface area contributed by atoms with Crippen molar-refractivity contribution in [3.63, 3.8) is 0 Å². The molecule has 2 rings (SSSR count). The number of rotatable bonds is 7. The zero-order valence-corrected chi connectivity index (χ0v) is 19.2. The minimum atomic E-state index is -0.679. The number of methoxy groups -OCH3 is 1. The van der Waals surface area contributed by atoms with Gasteiger partial charge in [-0.1, -0.05) is 12.1 Å². The molecule has 7 nitrogen and oxygen atoms in total. The zero-order chi connectivity index (χ0) is 19.6. The van der Waals surface area contributed by atoms with Gasteiger partial charge in [-0.15, -0.1) is 24.0 Å². The molecule has 1 unspecified atom stereocenters. The maximum atomic E-state index is 11.9. The number of nitrogens with zero attached hydrogens (tertiary/aromatic N) is 2. The van der Waals surface area contributed by atoms with E-state index in [-0.39, 0.29) is 42.4 Å². The molecule has 28 heavy (non-hydrogen) atoms. The van der Waals surface area contributed by atoms with E-state index in [0.717, 1.165) is 49.7 Å². The normalized spacial score (nSPS) is 16.1. The van der Waals surface area contributed by atoms with E-state index in [1.165, 1.54) is 0 Å². The van der Waals surface area contributed by atoms with Crippen LogP contribution in [0, 0.1) is 5.92 Å². The monoisotopic (exact) mass is 505 g/mol. The van der Waals surface area contributed by atoms with Crippen molar-refractivity contribution in [3.05, 3.63) is 29.8 Å². The number of piperidine rings is 1. The Morgan fingerprint density at radius 1 is 1.29 bits per heavy atom. The molecular weight excluding hydrogens is 473 g/mol. The number of aliphatic hydroxyl groups excluding tert-OH is 1. The van der Waals surface area contributed by atoms with Gasteiger partial charge in [0.05, 0.1) is 32.3 Å². The molecule has 2 N–H and O–H groups in total. The first kappa shape index (κ1) is 24.5. The van der Waals surface area contributed by atoms with Crippen LogP contribution in [-0.4, -0.2) is 61.8 Å². The van der Waals surface area contributed by atoms with Crippen molar-refractivity contribution < 1.29 is 19.4 Å². The molecule has 1 saturated heterocycles. The Morgan fingerprint density at radius 2 is 1.93 bits per heavy atom. The van der Waals surface area contributed by atoms with Crippen LogP contribution >= 0.6 is 24.0 Å². The zero-order valence-electron chi connectivity index (χ0n) is 16.9. The van der Waals surface area contributed by atoms with Gasteiger partial charge in [0.25, 0.3) is 0 Å². The summed E-state index contributed by atoms with van der Waals surface area (Å²) < 4.78 is 10.3. The van der Waals surface area contributed by atoms with Gasteiger partial charge >= 0.3 is 5.97 Å². The summed E-state index contributed by atoms with van der Waals surface area (Å²) in [6.07, 6.45) is 0.829. The Hall–Kier alpha value is -1.55. The van der Waals surface area contributed by atoms with E-state index in [1.807, 2.05) is 38.1 Å². The average molecular weight is 505 g/mol. The molecule has 0 radical (unpaired) electrons. The van der Waals surface area contributed by atoms with Crippen molar-refractivity contribution in [1.82, 2.24) is 10.2 Å². The second-order valence-electron chi connectivity index (χ2n) is 6.50. The Balaban J connectivity index is 0.00000392. The van der Waals surface area contributed by atoms with Crippen molar-refractivity contribution in [2.24, 2.45) is 10.9 Å². The third kappa shape index (κ3) is 7.12. The summed E-state index contributed by atoms with van der Waals surface area (Å²) in [5.41, 5.74) is 0.802. The molecule has 1 atom stereocenters. The fraction of sp³-hybridized carbons (Fsp3) is 0.600. The van der Waals surface area contributed by atoms with Crippen molar-refractivity contribution in [2.45, 2.75) is 32.8 Å². The standard InChI is InChI=1S/C20H31N3O4.HI/c1-4-21-20(23-12-10-16(11-13-23)19(25)27-5-2)22-14-18(24)15-6-8-17(26-3)9-7-15;/h6-9,16,18,24H,4-5,10-14H2,1-3H3,(H,21,22);1H. The van der Waals surface area contributed by atoms with Crippen LogP contribution in [0.3, 0.4) is 0 Å². The van der Waals surface area contributed by atoms with Crippen LogP contribution in [0.4, 0.5) is 0 Å². The first-order valence-corrected chi connectivity index (χ1v) is 9.60. The van der Waals surface area contributed by atoms with Crippen LogP contribution in [0.2, 0.25) is 0 Å². The first-order valence-electron chi connectivity index (χ1n) is 9.60. The smallest absolute Gasteiger partial charge is 0.309 e. The van der Waals surface area contributed by atoms with Crippen molar-refractivity contribution in [1.29, 1.82) is 0 Å². The van der Waals surface area contributed by atoms with E-state index in [2.05, 4.69) is 15.2 Å². The number of halogens is 1. The molecule has 1 aliphatic rings. The highest BCUT2D eigenvalue weighted by molar-refractivity contribution is 14.0. The van der Waals surface area contributed by atoms with Crippen LogP contribution in [0.25, 0.3) is 0 Å². The van der Waals surface area contributed by atoms with Crippen LogP contribution in [-0.2, 0) is 9.53 Å². The van der Waals surface area contributed by atoms with Gasteiger partial charge in [-0.25, -0.2) is 0 Å². The highest BCUT2D eigenvalue weighted by Crippen LogP contribution is 2.20. The Kier molecular flexibility index (Phi) is 11.2. The molecule has 1 heterocycles. The van der Waals surface area contributed by atoms with Gasteiger partial charge in [0.1, 0.15) is 5.75 Å². The fourth-order valence-corrected chi connectivity index (χ4v) is 3.12. The van der Waals surface area contributed by atoms with E-state index in [4.69, 9.17) is 9.47 Å². The number of benzene rings is 1. The van der Waals surface area contributed by atoms with Crippen LogP contribution in [0.5, 0.6) is 5.75 Å². The number of hydrogen-bond acceptors (Lipinski definition) is 5. The number of carbonyl (C=O) groups is 1. The van der Waals surface area contributed by atoms with Gasteiger partial charge in [0.15, 0.2) is 5.96 Å². The number of ether oxygens (including phenoxy) is 2. The molecule has 1 aromatic rings. The average Bonchev–Trinajstić information content (AvgIpc) is 2.71. The number of esters is 1. The summed E-state index contributed by atoms with van der Waals surface area (Å²) in [5, 5.41) is 13.7. The molecular formula is C20H32IN3O4. The van der Waals surface area contributed by atoms with Crippen molar-refractivity contribution >= 4 is 35.9 Å². The summed E-state index contributed by atoms with van der Waals surface area (Å²) in [7, 11) is 1.61. The highest BCUT2D eigenvalue weighted by atomic mass is 127. The number of guanidine groups is 1. The maximum Gasteiger partial charge on any atom is 0.309 e. The van der Waals surface area contributed by atoms with Gasteiger partial charge in [-0.05, 0) is 44.4 Å². The third-order valence-corrected chi connectivity index (χ3v) is 4.66. The van der Waals surface area contributed by atoms with E-state index < -0.39 is 6.10 Å². The van der Waals surface area contributed by atoms with Crippen molar-refractivity contribution in [2.75, 3.05) is 39.9 Å². The van der Waals surface area contributed by atoms with Gasteiger partial charge in [-0.2, -0.15) is 0 Å². The first-order chi connectivity index (χ1) is 13.1. The predicted octanol–water partition coefficient (Wildman–Crippen LogP) is 2.59. The van der Waals surface area contributed by atoms with E-state index in [9.17, 15) is 9.90 Å². The molecule has 1 fully saturated rings. The molecule has 1 aromatic carbocycles. The summed E-state index contributed by atoms with van der Waals surface area (Å²) in [6.45, 7) is 6.77. The minimum Gasteiger partial charge on any atom is -0.497 e. The maximum absolute atomic E-state index is 11.9. The molecule has 8 heteroatoms. The van der Waals surface area contributed by atoms with Crippen LogP contribution < -0.4 is 10.1 Å². The van der Waals surface area contributed by atoms with E-state index in [1.54, 1.807) is 7.11 Å². The minimum absolute atomic E-state index is 0. The lowest BCUT2D eigenvalue weighted by molar-refractivity contribution is -0.149. The highest BCUT2D eigenvalue weighted by Gasteiger charge is 2.27. The third-order valence-electron chi connectivity index (χ3n) is 4.66. The van der Waals surface area contributed by atoms with Gasteiger partial charge in [0, 0.05) is 19.6 Å². The molecule has 0 saturated carbocycles. The Bertz CT molecular complexity index is 616. The lowest BCUT2D eigenvalue weighted by atomic mass is 9.97. The van der Waals surface area contributed by atoms with E-state index >= 15 is 0 Å². The Morgan fingerprint density at radius 3 is 2.46 bits per heavy atom. The van der Waals surface area contributed by atoms with Crippen LogP contribution in [0.15, 0.2) is 29.3 Å². The number of aliphatic hydroxyl groups is 1. The largest absolute Gasteiger partial charge is 0.497 e. The second-order valence-corrected chi connectivity index (χ2v) is 6.50. The van der Waals surface area contributed by atoms with Gasteiger partial charge < -0.3 is 24.8 Å². The fourth-order valence-electron chi connectivity index (χ4n) is 3.12. The number of hydrogen-bond donors (Lipinski definition) is 2. The number of carbonyl (C=O) groups excluding carboxylic acids is 1. The topological polar surface area (TPSA) is 83.4 Å². The molecule has 0 spiro atoms. The molecule has 0 aromatic heterocycles. The molecule has 0 bridgehead atoms.